The number of anilines is 3. The second-order valence-electron chi connectivity index (χ2n) is 9.57. The number of hydrogen-bond donors (Lipinski definition) is 2. The molecule has 12 heteroatoms. The Bertz CT molecular complexity index is 1580. The monoisotopic (exact) mass is 597 g/mol. The number of alkyl halides is 3. The Morgan fingerprint density at radius 1 is 0.977 bits per heavy atom. The van der Waals surface area contributed by atoms with Crippen molar-refractivity contribution in [2.24, 2.45) is 0 Å². The van der Waals surface area contributed by atoms with Gasteiger partial charge >= 0.3 is 6.36 Å². The molecular weight excluding hydrogens is 566 g/mol. The highest BCUT2D eigenvalue weighted by molar-refractivity contribution is 6.05. The summed E-state index contributed by atoms with van der Waals surface area (Å²) in [4.78, 5) is 23.7. The van der Waals surface area contributed by atoms with E-state index in [1.54, 1.807) is 0 Å². The van der Waals surface area contributed by atoms with Gasteiger partial charge in [0.2, 0.25) is 5.95 Å². The normalized spacial score (nSPS) is 11.4. The lowest BCUT2D eigenvalue weighted by molar-refractivity contribution is -0.274. The smallest absolute Gasteiger partial charge is 0.493 e. The standard InChI is InChI=1S/C31H31F4N5O3/c1-5-40(6-2)18-20-8-7-19(3)26(15-20)37-29(41)22-11-14-25(24(32)16-22)38-30-36-17-27(42-4)28(39-30)21-9-12-23(13-10-21)43-31(33,34)35/h7-17H,5-6,18H2,1-4H3,(H,37,41)(H,36,38,39). The highest BCUT2D eigenvalue weighted by Gasteiger charge is 2.31. The highest BCUT2D eigenvalue weighted by atomic mass is 19.4. The summed E-state index contributed by atoms with van der Waals surface area (Å²) in [7, 11) is 1.39. The fraction of sp³-hybridized carbons (Fsp3) is 0.258. The minimum atomic E-state index is -4.82. The molecule has 226 valence electrons. The van der Waals surface area contributed by atoms with E-state index < -0.39 is 23.8 Å². The zero-order chi connectivity index (χ0) is 31.1. The van der Waals surface area contributed by atoms with Crippen LogP contribution in [0.2, 0.25) is 0 Å². The number of ether oxygens (including phenoxy) is 2. The Morgan fingerprint density at radius 3 is 2.33 bits per heavy atom. The number of carbonyl (C=O) groups is 1. The molecule has 0 fully saturated rings. The molecule has 0 aliphatic rings. The van der Waals surface area contributed by atoms with Crippen LogP contribution in [0.25, 0.3) is 11.3 Å². The number of hydrogen-bond acceptors (Lipinski definition) is 7. The van der Waals surface area contributed by atoms with Crippen LogP contribution >= 0.6 is 0 Å². The molecule has 8 nitrogen and oxygen atoms in total. The molecule has 1 heterocycles. The van der Waals surface area contributed by atoms with Gasteiger partial charge in [-0.15, -0.1) is 13.2 Å². The second kappa shape index (κ2) is 13.5. The zero-order valence-electron chi connectivity index (χ0n) is 24.1. The molecule has 0 aliphatic carbocycles. The first-order valence-corrected chi connectivity index (χ1v) is 13.5. The SMILES string of the molecule is CCN(CC)Cc1ccc(C)c(NC(=O)c2ccc(Nc3ncc(OC)c(-c4ccc(OC(F)(F)F)cc4)n3)c(F)c2)c1. The Kier molecular flexibility index (Phi) is 9.81. The molecule has 0 aliphatic heterocycles. The zero-order valence-corrected chi connectivity index (χ0v) is 24.1. The van der Waals surface area contributed by atoms with Crippen LogP contribution in [0.4, 0.5) is 34.9 Å². The van der Waals surface area contributed by atoms with Crippen LogP contribution in [-0.2, 0) is 6.54 Å². The van der Waals surface area contributed by atoms with E-state index in [1.807, 2.05) is 25.1 Å². The molecule has 0 radical (unpaired) electrons. The van der Waals surface area contributed by atoms with Gasteiger partial charge in [-0.1, -0.05) is 26.0 Å². The molecule has 0 bridgehead atoms. The van der Waals surface area contributed by atoms with Gasteiger partial charge in [0, 0.05) is 23.4 Å². The van der Waals surface area contributed by atoms with E-state index >= 15 is 4.39 Å². The summed E-state index contributed by atoms with van der Waals surface area (Å²) >= 11 is 0. The van der Waals surface area contributed by atoms with Crippen molar-refractivity contribution in [1.29, 1.82) is 0 Å². The van der Waals surface area contributed by atoms with Gasteiger partial charge in [0.1, 0.15) is 17.3 Å². The fourth-order valence-corrected chi connectivity index (χ4v) is 4.28. The largest absolute Gasteiger partial charge is 0.573 e. The maximum absolute atomic E-state index is 15.1. The molecule has 1 aromatic heterocycles. The minimum Gasteiger partial charge on any atom is -0.493 e. The number of methoxy groups -OCH3 is 1. The predicted molar refractivity (Wildman–Crippen MR) is 156 cm³/mol. The highest BCUT2D eigenvalue weighted by Crippen LogP contribution is 2.32. The van der Waals surface area contributed by atoms with Crippen LogP contribution in [0.3, 0.4) is 0 Å². The minimum absolute atomic E-state index is 0.00293. The van der Waals surface area contributed by atoms with Crippen molar-refractivity contribution in [3.05, 3.63) is 89.4 Å². The predicted octanol–water partition coefficient (Wildman–Crippen LogP) is 7.34. The van der Waals surface area contributed by atoms with Crippen LogP contribution in [0, 0.1) is 12.7 Å². The summed E-state index contributed by atoms with van der Waals surface area (Å²) in [5, 5.41) is 5.65. The molecule has 0 unspecified atom stereocenters. The Hall–Kier alpha value is -4.71. The molecule has 2 N–H and O–H groups in total. The van der Waals surface area contributed by atoms with E-state index in [4.69, 9.17) is 4.74 Å². The maximum Gasteiger partial charge on any atom is 0.573 e. The Labute approximate surface area is 246 Å². The molecule has 0 atom stereocenters. The lowest BCUT2D eigenvalue weighted by Gasteiger charge is -2.19. The van der Waals surface area contributed by atoms with Crippen LogP contribution in [0.15, 0.2) is 66.9 Å². The first-order chi connectivity index (χ1) is 20.5. The lowest BCUT2D eigenvalue weighted by Crippen LogP contribution is -2.22. The van der Waals surface area contributed by atoms with Gasteiger partial charge in [-0.3, -0.25) is 9.69 Å². The molecule has 0 saturated heterocycles. The first-order valence-electron chi connectivity index (χ1n) is 13.5. The number of carbonyl (C=O) groups excluding carboxylic acids is 1. The number of rotatable bonds is 11. The summed E-state index contributed by atoms with van der Waals surface area (Å²) < 4.78 is 61.8. The van der Waals surface area contributed by atoms with Gasteiger partial charge in [-0.05, 0) is 79.7 Å². The van der Waals surface area contributed by atoms with Crippen molar-refractivity contribution < 1.29 is 31.8 Å². The van der Waals surface area contributed by atoms with Gasteiger partial charge in [0.25, 0.3) is 5.91 Å². The summed E-state index contributed by atoms with van der Waals surface area (Å²) in [5.41, 5.74) is 3.39. The first kappa shape index (κ1) is 31.2. The van der Waals surface area contributed by atoms with Crippen LogP contribution in [0.1, 0.15) is 35.3 Å². The van der Waals surface area contributed by atoms with Gasteiger partial charge < -0.3 is 20.1 Å². The maximum atomic E-state index is 15.1. The number of benzene rings is 3. The van der Waals surface area contributed by atoms with E-state index in [0.717, 1.165) is 49.0 Å². The van der Waals surface area contributed by atoms with E-state index in [9.17, 15) is 18.0 Å². The Balaban J connectivity index is 1.50. The molecule has 1 amide bonds. The van der Waals surface area contributed by atoms with E-state index in [2.05, 4.69) is 44.1 Å². The average molecular weight is 598 g/mol. The van der Waals surface area contributed by atoms with Crippen LogP contribution < -0.4 is 20.1 Å². The third-order valence-electron chi connectivity index (χ3n) is 6.66. The van der Waals surface area contributed by atoms with Crippen molar-refractivity contribution in [2.75, 3.05) is 30.8 Å². The van der Waals surface area contributed by atoms with E-state index in [1.165, 1.54) is 37.6 Å². The van der Waals surface area contributed by atoms with Gasteiger partial charge in [-0.2, -0.15) is 0 Å². The van der Waals surface area contributed by atoms with Crippen LogP contribution in [-0.4, -0.2) is 47.3 Å². The summed E-state index contributed by atoms with van der Waals surface area (Å²) in [6.07, 6.45) is -3.47. The Morgan fingerprint density at radius 2 is 1.70 bits per heavy atom. The van der Waals surface area contributed by atoms with Gasteiger partial charge in [0.05, 0.1) is 19.0 Å². The number of halogens is 4. The fourth-order valence-electron chi connectivity index (χ4n) is 4.28. The summed E-state index contributed by atoms with van der Waals surface area (Å²) in [6, 6.07) is 14.9. The lowest BCUT2D eigenvalue weighted by atomic mass is 10.1. The average Bonchev–Trinajstić information content (AvgIpc) is 2.98. The third-order valence-corrected chi connectivity index (χ3v) is 6.66. The number of nitrogens with zero attached hydrogens (tertiary/aromatic N) is 3. The van der Waals surface area contributed by atoms with Crippen molar-refractivity contribution in [2.45, 2.75) is 33.7 Å². The second-order valence-corrected chi connectivity index (χ2v) is 9.57. The third kappa shape index (κ3) is 8.19. The van der Waals surface area contributed by atoms with Crippen molar-refractivity contribution in [3.8, 4) is 22.8 Å². The van der Waals surface area contributed by atoms with E-state index in [0.29, 0.717) is 11.3 Å². The van der Waals surface area contributed by atoms with Gasteiger partial charge in [-0.25, -0.2) is 14.4 Å². The molecule has 3 aromatic carbocycles. The molecule has 43 heavy (non-hydrogen) atoms. The number of amides is 1. The molecule has 4 aromatic rings. The number of aryl methyl sites for hydroxylation is 1. The molecule has 0 saturated carbocycles. The number of nitrogens with one attached hydrogen (secondary N) is 2. The van der Waals surface area contributed by atoms with E-state index in [-0.39, 0.29) is 28.6 Å². The number of aromatic nitrogens is 2. The van der Waals surface area contributed by atoms with Crippen LogP contribution in [0.5, 0.6) is 11.5 Å². The summed E-state index contributed by atoms with van der Waals surface area (Å²) in [5.74, 6) is -1.32. The van der Waals surface area contributed by atoms with Crippen molar-refractivity contribution in [1.82, 2.24) is 14.9 Å². The summed E-state index contributed by atoms with van der Waals surface area (Å²) in [6.45, 7) is 8.62. The molecule has 4 rings (SSSR count). The molecule has 0 spiro atoms. The van der Waals surface area contributed by atoms with Crippen molar-refractivity contribution >= 4 is 23.2 Å². The van der Waals surface area contributed by atoms with Gasteiger partial charge in [0.15, 0.2) is 5.75 Å². The van der Waals surface area contributed by atoms with Crippen molar-refractivity contribution in [3.63, 3.8) is 0 Å². The molecular formula is C31H31F4N5O3. The quantitative estimate of drug-likeness (QED) is 0.175. The topological polar surface area (TPSA) is 88.6 Å².